The molecule has 24 heavy (non-hydrogen) atoms. The SMILES string of the molecule is C=CCn1nnnc1S[C@@H]1CCN(c2cccc([N+](=O)[O-])c2)C1=O. The predicted octanol–water partition coefficient (Wildman–Crippen LogP) is 1.66. The van der Waals surface area contributed by atoms with Crippen LogP contribution >= 0.6 is 11.8 Å². The van der Waals surface area contributed by atoms with Crippen LogP contribution in [0.5, 0.6) is 0 Å². The van der Waals surface area contributed by atoms with E-state index >= 15 is 0 Å². The van der Waals surface area contributed by atoms with E-state index in [0.29, 0.717) is 30.4 Å². The number of tetrazole rings is 1. The topological polar surface area (TPSA) is 107 Å². The third-order valence-corrected chi connectivity index (χ3v) is 4.78. The molecule has 1 amide bonds. The average molecular weight is 346 g/mol. The summed E-state index contributed by atoms with van der Waals surface area (Å²) in [5, 5.41) is 22.5. The van der Waals surface area contributed by atoms with Gasteiger partial charge in [0.15, 0.2) is 0 Å². The highest BCUT2D eigenvalue weighted by molar-refractivity contribution is 8.00. The third-order valence-electron chi connectivity index (χ3n) is 3.56. The summed E-state index contributed by atoms with van der Waals surface area (Å²) in [6.45, 7) is 4.61. The number of thioether (sulfide) groups is 1. The molecule has 1 aliphatic heterocycles. The molecule has 3 rings (SSSR count). The van der Waals surface area contributed by atoms with Gasteiger partial charge in [-0.3, -0.25) is 14.9 Å². The number of hydrogen-bond acceptors (Lipinski definition) is 7. The highest BCUT2D eigenvalue weighted by Crippen LogP contribution is 2.33. The van der Waals surface area contributed by atoms with Crippen molar-refractivity contribution in [3.05, 3.63) is 47.0 Å². The second-order valence-electron chi connectivity index (χ2n) is 5.09. The fraction of sp³-hybridized carbons (Fsp3) is 0.286. The number of anilines is 1. The third kappa shape index (κ3) is 3.13. The highest BCUT2D eigenvalue weighted by atomic mass is 32.2. The van der Waals surface area contributed by atoms with Gasteiger partial charge < -0.3 is 4.90 Å². The van der Waals surface area contributed by atoms with Gasteiger partial charge in [0.2, 0.25) is 11.1 Å². The van der Waals surface area contributed by atoms with E-state index in [-0.39, 0.29) is 16.8 Å². The summed E-state index contributed by atoms with van der Waals surface area (Å²) in [7, 11) is 0. The van der Waals surface area contributed by atoms with Crippen LogP contribution in [0, 0.1) is 10.1 Å². The van der Waals surface area contributed by atoms with E-state index in [1.54, 1.807) is 27.8 Å². The van der Waals surface area contributed by atoms with Crippen LogP contribution in [0.1, 0.15) is 6.42 Å². The van der Waals surface area contributed by atoms with E-state index in [2.05, 4.69) is 22.1 Å². The monoisotopic (exact) mass is 346 g/mol. The Morgan fingerprint density at radius 2 is 2.33 bits per heavy atom. The van der Waals surface area contributed by atoms with Crippen LogP contribution in [0.2, 0.25) is 0 Å². The standard InChI is InChI=1S/C14H14N6O3S/c1-2-7-19-14(15-16-17-19)24-12-6-8-18(13(12)21)10-4-3-5-11(9-10)20(22)23/h2-5,9,12H,1,6-8H2/t12-/m1/s1. The second kappa shape index (κ2) is 6.79. The minimum atomic E-state index is -0.473. The number of allylic oxidation sites excluding steroid dienone is 1. The normalized spacial score (nSPS) is 17.2. The van der Waals surface area contributed by atoms with Gasteiger partial charge in [0, 0.05) is 18.7 Å². The first kappa shape index (κ1) is 16.1. The van der Waals surface area contributed by atoms with E-state index in [1.165, 1.54) is 23.9 Å². The Kier molecular flexibility index (Phi) is 4.56. The minimum absolute atomic E-state index is 0.0358. The molecule has 0 aliphatic carbocycles. The van der Waals surface area contributed by atoms with Gasteiger partial charge in [0.1, 0.15) is 0 Å². The highest BCUT2D eigenvalue weighted by Gasteiger charge is 2.35. The maximum absolute atomic E-state index is 12.6. The molecular weight excluding hydrogens is 332 g/mol. The summed E-state index contributed by atoms with van der Waals surface area (Å²) >= 11 is 1.30. The summed E-state index contributed by atoms with van der Waals surface area (Å²) in [4.78, 5) is 24.6. The molecule has 0 spiro atoms. The molecule has 1 atom stereocenters. The van der Waals surface area contributed by atoms with Crippen LogP contribution in [0.15, 0.2) is 42.1 Å². The quantitative estimate of drug-likeness (QED) is 0.445. The number of nitro benzene ring substituents is 1. The molecule has 0 bridgehead atoms. The van der Waals surface area contributed by atoms with Crippen molar-refractivity contribution in [2.75, 3.05) is 11.4 Å². The fourth-order valence-electron chi connectivity index (χ4n) is 2.44. The van der Waals surface area contributed by atoms with Crippen LogP contribution in [-0.2, 0) is 11.3 Å². The molecule has 1 aromatic carbocycles. The van der Waals surface area contributed by atoms with Crippen LogP contribution in [0.25, 0.3) is 0 Å². The molecule has 2 heterocycles. The van der Waals surface area contributed by atoms with Crippen LogP contribution in [-0.4, -0.2) is 42.8 Å². The molecule has 1 fully saturated rings. The smallest absolute Gasteiger partial charge is 0.271 e. The van der Waals surface area contributed by atoms with Crippen LogP contribution in [0.4, 0.5) is 11.4 Å². The number of aromatic nitrogens is 4. The Morgan fingerprint density at radius 3 is 3.08 bits per heavy atom. The van der Waals surface area contributed by atoms with Crippen molar-refractivity contribution in [2.24, 2.45) is 0 Å². The molecule has 0 N–H and O–H groups in total. The molecule has 0 saturated carbocycles. The molecule has 124 valence electrons. The molecule has 10 heteroatoms. The number of rotatable bonds is 6. The van der Waals surface area contributed by atoms with Crippen LogP contribution in [0.3, 0.4) is 0 Å². The Balaban J connectivity index is 1.75. The van der Waals surface area contributed by atoms with Gasteiger partial charge in [0.05, 0.1) is 22.4 Å². The van der Waals surface area contributed by atoms with Crippen molar-refractivity contribution in [3.63, 3.8) is 0 Å². The van der Waals surface area contributed by atoms with Gasteiger partial charge in [0.25, 0.3) is 5.69 Å². The van der Waals surface area contributed by atoms with E-state index in [9.17, 15) is 14.9 Å². The Bertz CT molecular complexity index is 792. The van der Waals surface area contributed by atoms with Crippen molar-refractivity contribution in [1.82, 2.24) is 20.2 Å². The molecule has 0 unspecified atom stereocenters. The number of hydrogen-bond donors (Lipinski definition) is 0. The van der Waals surface area contributed by atoms with E-state index in [0.717, 1.165) is 0 Å². The lowest BCUT2D eigenvalue weighted by molar-refractivity contribution is -0.384. The lowest BCUT2D eigenvalue weighted by atomic mass is 10.2. The molecule has 1 aliphatic rings. The zero-order chi connectivity index (χ0) is 17.1. The first-order valence-electron chi connectivity index (χ1n) is 7.19. The maximum atomic E-state index is 12.6. The van der Waals surface area contributed by atoms with Crippen molar-refractivity contribution >= 4 is 29.0 Å². The number of benzene rings is 1. The number of nitro groups is 1. The zero-order valence-corrected chi connectivity index (χ0v) is 13.4. The summed E-state index contributed by atoms with van der Waals surface area (Å²) < 4.78 is 1.57. The number of nitrogens with zero attached hydrogens (tertiary/aromatic N) is 6. The minimum Gasteiger partial charge on any atom is -0.311 e. The van der Waals surface area contributed by atoms with Gasteiger partial charge in [-0.2, -0.15) is 0 Å². The first-order valence-corrected chi connectivity index (χ1v) is 8.07. The lowest BCUT2D eigenvalue weighted by Crippen LogP contribution is -2.28. The Labute approximate surface area is 141 Å². The number of non-ortho nitro benzene ring substituents is 1. The molecule has 9 nitrogen and oxygen atoms in total. The number of amides is 1. The van der Waals surface area contributed by atoms with Gasteiger partial charge in [-0.25, -0.2) is 4.68 Å². The Hall–Kier alpha value is -2.75. The van der Waals surface area contributed by atoms with Crippen molar-refractivity contribution in [1.29, 1.82) is 0 Å². The summed E-state index contributed by atoms with van der Waals surface area (Å²) in [5.41, 5.74) is 0.495. The Morgan fingerprint density at radius 1 is 1.50 bits per heavy atom. The molecule has 0 radical (unpaired) electrons. The van der Waals surface area contributed by atoms with Gasteiger partial charge in [-0.05, 0) is 22.9 Å². The molecule has 1 saturated heterocycles. The fourth-order valence-corrected chi connectivity index (χ4v) is 3.46. The van der Waals surface area contributed by atoms with Gasteiger partial charge in [-0.1, -0.05) is 23.9 Å². The van der Waals surface area contributed by atoms with E-state index in [1.807, 2.05) is 0 Å². The van der Waals surface area contributed by atoms with E-state index < -0.39 is 4.92 Å². The summed E-state index contributed by atoms with van der Waals surface area (Å²) in [5.74, 6) is -0.103. The van der Waals surface area contributed by atoms with Crippen molar-refractivity contribution in [3.8, 4) is 0 Å². The van der Waals surface area contributed by atoms with Gasteiger partial charge >= 0.3 is 0 Å². The molecule has 2 aromatic rings. The summed E-state index contributed by atoms with van der Waals surface area (Å²) in [6.07, 6.45) is 2.29. The summed E-state index contributed by atoms with van der Waals surface area (Å²) in [6, 6.07) is 6.08. The second-order valence-corrected chi connectivity index (χ2v) is 6.26. The first-order chi connectivity index (χ1) is 11.6. The average Bonchev–Trinajstić information content (AvgIpc) is 3.16. The zero-order valence-electron chi connectivity index (χ0n) is 12.6. The van der Waals surface area contributed by atoms with E-state index in [4.69, 9.17) is 0 Å². The number of carbonyl (C=O) groups excluding carboxylic acids is 1. The number of carbonyl (C=O) groups is 1. The van der Waals surface area contributed by atoms with Gasteiger partial charge in [-0.15, -0.1) is 11.7 Å². The van der Waals surface area contributed by atoms with Crippen LogP contribution < -0.4 is 4.90 Å². The largest absolute Gasteiger partial charge is 0.311 e. The maximum Gasteiger partial charge on any atom is 0.271 e. The van der Waals surface area contributed by atoms with Crippen molar-refractivity contribution < 1.29 is 9.72 Å². The van der Waals surface area contributed by atoms with Crippen molar-refractivity contribution in [2.45, 2.75) is 23.4 Å². The predicted molar refractivity (Wildman–Crippen MR) is 87.7 cm³/mol. The molecular formula is C14H14N6O3S. The lowest BCUT2D eigenvalue weighted by Gasteiger charge is -2.16. The molecule has 1 aromatic heterocycles.